The van der Waals surface area contributed by atoms with E-state index < -0.39 is 42.9 Å². The van der Waals surface area contributed by atoms with Gasteiger partial charge in [-0.1, -0.05) is 0 Å². The van der Waals surface area contributed by atoms with Crippen molar-refractivity contribution in [2.75, 3.05) is 17.9 Å². The van der Waals surface area contributed by atoms with E-state index in [1.807, 2.05) is 0 Å². The van der Waals surface area contributed by atoms with Crippen molar-refractivity contribution < 1.29 is 22.2 Å². The van der Waals surface area contributed by atoms with E-state index in [1.165, 1.54) is 17.0 Å². The van der Waals surface area contributed by atoms with Crippen LogP contribution in [-0.2, 0) is 11.3 Å². The number of amides is 2. The molecule has 0 bridgehead atoms. The van der Waals surface area contributed by atoms with Gasteiger partial charge in [-0.3, -0.25) is 14.5 Å². The Balaban J connectivity index is 1.68. The summed E-state index contributed by atoms with van der Waals surface area (Å²) >= 11 is 1.03. The topological polar surface area (TPSA) is 84.2 Å². The molecule has 0 radical (unpaired) electrons. The lowest BCUT2D eigenvalue weighted by molar-refractivity contribution is -0.117. The number of rotatable bonds is 3. The standard InChI is InChI=1S/C21H21FN6O2S/c1-12-17-18(27-9-3-4-16(27)29)24-19(20-23-13(2)25-31-20)28(17)11-10-26(12)21(30)14-5-7-15(22)8-6-14/h5-8,12H,3-4,9-11H2,1-2H3/t12-/m1/s1/i3D2,4D2,9D2. The van der Waals surface area contributed by atoms with Crippen LogP contribution in [-0.4, -0.2) is 48.7 Å². The number of aryl methyl sites for hydroxylation is 1. The number of carbonyl (C=O) groups excluding carboxylic acids is 2. The van der Waals surface area contributed by atoms with Crippen molar-refractivity contribution in [1.82, 2.24) is 23.8 Å². The summed E-state index contributed by atoms with van der Waals surface area (Å²) < 4.78 is 68.4. The maximum absolute atomic E-state index is 13.4. The van der Waals surface area contributed by atoms with E-state index in [1.54, 1.807) is 18.4 Å². The largest absolute Gasteiger partial charge is 0.328 e. The Morgan fingerprint density at radius 1 is 1.26 bits per heavy atom. The van der Waals surface area contributed by atoms with Crippen LogP contribution in [0.1, 0.15) is 55.8 Å². The van der Waals surface area contributed by atoms with E-state index in [4.69, 9.17) is 8.22 Å². The fraction of sp³-hybridized carbons (Fsp3) is 0.381. The molecule has 8 nitrogen and oxygen atoms in total. The molecule has 0 unspecified atom stereocenters. The van der Waals surface area contributed by atoms with Crippen molar-refractivity contribution in [2.45, 2.75) is 39.2 Å². The summed E-state index contributed by atoms with van der Waals surface area (Å²) in [6.07, 6.45) is -6.37. The van der Waals surface area contributed by atoms with E-state index >= 15 is 0 Å². The Labute approximate surface area is 190 Å². The SMILES string of the molecule is [2H]C1([2H])C(=O)N(c2nc(-c3nc(C)ns3)n3c2[C@@H](C)N(C(=O)c2ccc(F)cc2)CC3)C([2H])([2H])C1([2H])[2H]. The van der Waals surface area contributed by atoms with E-state index in [9.17, 15) is 14.0 Å². The predicted octanol–water partition coefficient (Wildman–Crippen LogP) is 3.19. The molecule has 10 heteroatoms. The lowest BCUT2D eigenvalue weighted by atomic mass is 10.1. The zero-order valence-electron chi connectivity index (χ0n) is 22.6. The van der Waals surface area contributed by atoms with Gasteiger partial charge in [-0.15, -0.1) is 0 Å². The van der Waals surface area contributed by atoms with Crippen LogP contribution in [0.2, 0.25) is 0 Å². The highest BCUT2D eigenvalue weighted by molar-refractivity contribution is 7.09. The van der Waals surface area contributed by atoms with Crippen LogP contribution in [0, 0.1) is 12.7 Å². The Hall–Kier alpha value is -3.14. The highest BCUT2D eigenvalue weighted by Gasteiger charge is 2.38. The van der Waals surface area contributed by atoms with Crippen LogP contribution in [0.4, 0.5) is 10.2 Å². The maximum Gasteiger partial charge on any atom is 0.254 e. The molecule has 2 aliphatic rings. The number of carbonyl (C=O) groups is 2. The highest BCUT2D eigenvalue weighted by Crippen LogP contribution is 2.39. The first-order valence-electron chi connectivity index (χ1n) is 12.5. The number of imidazole rings is 1. The minimum absolute atomic E-state index is 0.179. The summed E-state index contributed by atoms with van der Waals surface area (Å²) in [7, 11) is 0. The third kappa shape index (κ3) is 3.31. The smallest absolute Gasteiger partial charge is 0.254 e. The highest BCUT2D eigenvalue weighted by atomic mass is 32.1. The molecule has 31 heavy (non-hydrogen) atoms. The van der Waals surface area contributed by atoms with Gasteiger partial charge in [0.15, 0.2) is 16.6 Å². The molecule has 1 fully saturated rings. The second-order valence-electron chi connectivity index (χ2n) is 7.13. The number of hydrogen-bond donors (Lipinski definition) is 0. The van der Waals surface area contributed by atoms with Gasteiger partial charge in [0, 0.05) is 39.7 Å². The molecule has 4 heterocycles. The third-order valence-corrected chi connectivity index (χ3v) is 6.04. The van der Waals surface area contributed by atoms with Crippen molar-refractivity contribution in [2.24, 2.45) is 0 Å². The second-order valence-corrected chi connectivity index (χ2v) is 7.88. The van der Waals surface area contributed by atoms with Crippen molar-refractivity contribution in [1.29, 1.82) is 0 Å². The van der Waals surface area contributed by atoms with Gasteiger partial charge in [0.1, 0.15) is 11.6 Å². The monoisotopic (exact) mass is 446 g/mol. The summed E-state index contributed by atoms with van der Waals surface area (Å²) in [5.41, 5.74) is 0.443. The Morgan fingerprint density at radius 2 is 2.03 bits per heavy atom. The molecule has 5 rings (SSSR count). The summed E-state index contributed by atoms with van der Waals surface area (Å²) in [4.78, 5) is 37.2. The molecule has 0 saturated carbocycles. The quantitative estimate of drug-likeness (QED) is 0.617. The zero-order chi connectivity index (χ0) is 27.1. The minimum atomic E-state index is -3.20. The molecule has 1 atom stereocenters. The number of aromatic nitrogens is 4. The van der Waals surface area contributed by atoms with Gasteiger partial charge in [-0.05, 0) is 56.0 Å². The zero-order valence-corrected chi connectivity index (χ0v) is 17.4. The number of hydrogen-bond acceptors (Lipinski definition) is 6. The molecule has 3 aromatic rings. The maximum atomic E-state index is 13.4. The van der Waals surface area contributed by atoms with E-state index in [2.05, 4.69) is 14.3 Å². The van der Waals surface area contributed by atoms with E-state index in [0.29, 0.717) is 15.7 Å². The van der Waals surface area contributed by atoms with Crippen molar-refractivity contribution >= 4 is 29.2 Å². The molecule has 0 N–H and O–H groups in total. The molecule has 0 aliphatic carbocycles. The van der Waals surface area contributed by atoms with Crippen LogP contribution in [0.3, 0.4) is 0 Å². The Kier molecular flexibility index (Phi) is 3.40. The Morgan fingerprint density at radius 3 is 2.68 bits per heavy atom. The summed E-state index contributed by atoms with van der Waals surface area (Å²) in [5.74, 6) is -1.94. The van der Waals surface area contributed by atoms with Gasteiger partial charge < -0.3 is 9.47 Å². The van der Waals surface area contributed by atoms with Crippen LogP contribution >= 0.6 is 11.5 Å². The summed E-state index contributed by atoms with van der Waals surface area (Å²) in [6, 6.07) is 4.22. The van der Waals surface area contributed by atoms with Crippen LogP contribution in [0.5, 0.6) is 0 Å². The number of nitrogens with zero attached hydrogens (tertiary/aromatic N) is 6. The first-order chi connectivity index (χ1) is 17.2. The molecule has 1 aromatic carbocycles. The number of halogens is 1. The molecule has 2 amide bonds. The predicted molar refractivity (Wildman–Crippen MR) is 113 cm³/mol. The average Bonchev–Trinajstić information content (AvgIpc) is 3.45. The van der Waals surface area contributed by atoms with Gasteiger partial charge in [0.25, 0.3) is 5.91 Å². The van der Waals surface area contributed by atoms with Gasteiger partial charge in [0.2, 0.25) is 5.91 Å². The average molecular weight is 447 g/mol. The van der Waals surface area contributed by atoms with E-state index in [0.717, 1.165) is 23.7 Å². The Bertz CT molecular complexity index is 1430. The molecule has 1 saturated heterocycles. The van der Waals surface area contributed by atoms with Crippen molar-refractivity contribution in [3.05, 3.63) is 47.2 Å². The molecule has 2 aliphatic heterocycles. The lowest BCUT2D eigenvalue weighted by Crippen LogP contribution is -2.42. The number of fused-ring (bicyclic) bond motifs is 1. The van der Waals surface area contributed by atoms with Gasteiger partial charge >= 0.3 is 0 Å². The first kappa shape index (κ1) is 14.0. The second kappa shape index (κ2) is 7.52. The van der Waals surface area contributed by atoms with Crippen LogP contribution < -0.4 is 4.90 Å². The number of anilines is 1. The number of benzene rings is 1. The van der Waals surface area contributed by atoms with Gasteiger partial charge in [-0.25, -0.2) is 14.4 Å². The van der Waals surface area contributed by atoms with Gasteiger partial charge in [0.05, 0.1) is 11.7 Å². The summed E-state index contributed by atoms with van der Waals surface area (Å²) in [5, 5.41) is 0.369. The third-order valence-electron chi connectivity index (χ3n) is 5.24. The molecule has 0 spiro atoms. The molecule has 2 aromatic heterocycles. The van der Waals surface area contributed by atoms with Crippen LogP contribution in [0.15, 0.2) is 24.3 Å². The lowest BCUT2D eigenvalue weighted by Gasteiger charge is -2.36. The normalized spacial score (nSPS) is 26.3. The molecule has 160 valence electrons. The van der Waals surface area contributed by atoms with Crippen molar-refractivity contribution in [3.8, 4) is 10.8 Å². The molecular formula is C21H21FN6O2S. The van der Waals surface area contributed by atoms with Crippen molar-refractivity contribution in [3.63, 3.8) is 0 Å². The fourth-order valence-electron chi connectivity index (χ4n) is 3.79. The first-order valence-corrected chi connectivity index (χ1v) is 10.3. The van der Waals surface area contributed by atoms with Crippen LogP contribution in [0.25, 0.3) is 10.8 Å². The molecular weight excluding hydrogens is 419 g/mol. The fourth-order valence-corrected chi connectivity index (χ4v) is 4.45. The summed E-state index contributed by atoms with van der Waals surface area (Å²) in [6.45, 7) is 0.608. The van der Waals surface area contributed by atoms with E-state index in [-0.39, 0.29) is 36.0 Å². The minimum Gasteiger partial charge on any atom is -0.328 e. The van der Waals surface area contributed by atoms with Gasteiger partial charge in [-0.2, -0.15) is 4.37 Å².